The average Bonchev–Trinajstić information content (AvgIpc) is 2.71. The number of hydrogen-bond acceptors (Lipinski definition) is 4. The standard InChI is InChI=1S/C23H27N3O6/c1-26(2,3)19(14-21(29)30)18(13-20(27)28)25-23(32)24-17-11-9-16(10-12-17)22(31)15-7-5-4-6-8-15/h4-12,18-19H,13-14H2,1-3H3,(H3-,24,25,27,28,29,30,31,32)/p+1. The summed E-state index contributed by atoms with van der Waals surface area (Å²) in [6.45, 7) is 0. The number of urea groups is 1. The van der Waals surface area contributed by atoms with E-state index in [-0.39, 0.29) is 16.7 Å². The second kappa shape index (κ2) is 10.5. The van der Waals surface area contributed by atoms with Crippen molar-refractivity contribution in [2.24, 2.45) is 0 Å². The zero-order chi connectivity index (χ0) is 23.9. The predicted octanol–water partition coefficient (Wildman–Crippen LogP) is 2.43. The highest BCUT2D eigenvalue weighted by Gasteiger charge is 2.37. The lowest BCUT2D eigenvalue weighted by Gasteiger charge is -2.38. The number of nitrogens with zero attached hydrogens (tertiary/aromatic N) is 1. The number of carbonyl (C=O) groups excluding carboxylic acids is 2. The molecule has 0 aliphatic heterocycles. The molecule has 9 heteroatoms. The average molecular weight is 442 g/mol. The van der Waals surface area contributed by atoms with Crippen molar-refractivity contribution in [2.45, 2.75) is 24.9 Å². The van der Waals surface area contributed by atoms with Crippen molar-refractivity contribution in [3.63, 3.8) is 0 Å². The minimum absolute atomic E-state index is 0.150. The van der Waals surface area contributed by atoms with Gasteiger partial charge in [-0.05, 0) is 24.3 Å². The molecule has 0 saturated carbocycles. The van der Waals surface area contributed by atoms with Gasteiger partial charge in [0.2, 0.25) is 0 Å². The highest BCUT2D eigenvalue weighted by Crippen LogP contribution is 2.17. The second-order valence-electron chi connectivity index (χ2n) is 8.36. The summed E-state index contributed by atoms with van der Waals surface area (Å²) in [6.07, 6.45) is -0.733. The van der Waals surface area contributed by atoms with E-state index in [4.69, 9.17) is 0 Å². The number of quaternary nitrogens is 1. The number of nitrogens with one attached hydrogen (secondary N) is 2. The van der Waals surface area contributed by atoms with E-state index in [1.165, 1.54) is 0 Å². The fourth-order valence-electron chi connectivity index (χ4n) is 3.40. The molecule has 2 rings (SSSR count). The number of amides is 2. The van der Waals surface area contributed by atoms with Crippen molar-refractivity contribution < 1.29 is 33.9 Å². The lowest BCUT2D eigenvalue weighted by molar-refractivity contribution is -0.896. The van der Waals surface area contributed by atoms with Gasteiger partial charge < -0.3 is 25.3 Å². The molecule has 2 aromatic carbocycles. The van der Waals surface area contributed by atoms with E-state index in [2.05, 4.69) is 10.6 Å². The Bertz CT molecular complexity index is 967. The summed E-state index contributed by atoms with van der Waals surface area (Å²) in [5.74, 6) is -2.38. The van der Waals surface area contributed by atoms with Gasteiger partial charge in [0.15, 0.2) is 5.78 Å². The number of carbonyl (C=O) groups is 4. The van der Waals surface area contributed by atoms with E-state index < -0.39 is 36.5 Å². The van der Waals surface area contributed by atoms with Crippen LogP contribution in [0.3, 0.4) is 0 Å². The maximum absolute atomic E-state index is 12.5. The van der Waals surface area contributed by atoms with Gasteiger partial charge in [-0.25, -0.2) is 4.79 Å². The van der Waals surface area contributed by atoms with Crippen LogP contribution in [0.15, 0.2) is 54.6 Å². The zero-order valence-electron chi connectivity index (χ0n) is 18.2. The van der Waals surface area contributed by atoms with Gasteiger partial charge >= 0.3 is 18.0 Å². The van der Waals surface area contributed by atoms with Gasteiger partial charge in [-0.1, -0.05) is 30.3 Å². The quantitative estimate of drug-likeness (QED) is 0.330. The lowest BCUT2D eigenvalue weighted by atomic mass is 9.98. The summed E-state index contributed by atoms with van der Waals surface area (Å²) >= 11 is 0. The van der Waals surface area contributed by atoms with E-state index in [1.807, 2.05) is 6.07 Å². The Morgan fingerprint density at radius 3 is 1.84 bits per heavy atom. The third-order valence-electron chi connectivity index (χ3n) is 5.00. The number of ketones is 1. The molecular weight excluding hydrogens is 414 g/mol. The Labute approximate surface area is 186 Å². The molecule has 0 saturated heterocycles. The first kappa shape index (κ1) is 24.5. The van der Waals surface area contributed by atoms with Gasteiger partial charge in [0.25, 0.3) is 0 Å². The van der Waals surface area contributed by atoms with Gasteiger partial charge in [-0.15, -0.1) is 0 Å². The van der Waals surface area contributed by atoms with Crippen molar-refractivity contribution in [2.75, 3.05) is 26.5 Å². The molecule has 0 bridgehead atoms. The van der Waals surface area contributed by atoms with Crippen LogP contribution in [0.2, 0.25) is 0 Å². The maximum atomic E-state index is 12.5. The predicted molar refractivity (Wildman–Crippen MR) is 119 cm³/mol. The van der Waals surface area contributed by atoms with Crippen LogP contribution in [0, 0.1) is 0 Å². The number of hydrogen-bond donors (Lipinski definition) is 4. The summed E-state index contributed by atoms with van der Waals surface area (Å²) in [6, 6.07) is 12.8. The highest BCUT2D eigenvalue weighted by molar-refractivity contribution is 6.09. The third kappa shape index (κ3) is 7.21. The Morgan fingerprint density at radius 1 is 0.812 bits per heavy atom. The Hall–Kier alpha value is -3.72. The number of benzene rings is 2. The van der Waals surface area contributed by atoms with E-state index in [1.54, 1.807) is 69.7 Å². The SMILES string of the molecule is C[N+](C)(C)C(CC(=O)O)C(CC(=O)O)NC(=O)Nc1ccc(C(=O)c2ccccc2)cc1. The zero-order valence-corrected chi connectivity index (χ0v) is 18.2. The normalized spacial score (nSPS) is 13.0. The molecule has 2 aromatic rings. The number of aliphatic carboxylic acids is 2. The summed E-state index contributed by atoms with van der Waals surface area (Å²) in [5, 5.41) is 23.7. The molecule has 32 heavy (non-hydrogen) atoms. The molecule has 170 valence electrons. The Morgan fingerprint density at radius 2 is 1.34 bits per heavy atom. The number of likely N-dealkylation sites (N-methyl/N-ethyl adjacent to an activating group) is 1. The molecule has 9 nitrogen and oxygen atoms in total. The molecule has 0 fully saturated rings. The molecule has 0 aliphatic rings. The smallest absolute Gasteiger partial charge is 0.319 e. The van der Waals surface area contributed by atoms with Gasteiger partial charge in [0.05, 0.1) is 40.0 Å². The van der Waals surface area contributed by atoms with Crippen LogP contribution in [0.5, 0.6) is 0 Å². The fourth-order valence-corrected chi connectivity index (χ4v) is 3.40. The minimum atomic E-state index is -1.15. The van der Waals surface area contributed by atoms with Crippen LogP contribution in [-0.2, 0) is 9.59 Å². The lowest BCUT2D eigenvalue weighted by Crippen LogP contribution is -2.59. The van der Waals surface area contributed by atoms with Crippen LogP contribution in [0.25, 0.3) is 0 Å². The molecule has 0 radical (unpaired) electrons. The molecular formula is C23H28N3O6+. The van der Waals surface area contributed by atoms with Crippen molar-refractivity contribution in [1.82, 2.24) is 5.32 Å². The first-order valence-electron chi connectivity index (χ1n) is 9.99. The summed E-state index contributed by atoms with van der Waals surface area (Å²) in [4.78, 5) is 47.6. The number of rotatable bonds is 10. The van der Waals surface area contributed by atoms with E-state index >= 15 is 0 Å². The second-order valence-corrected chi connectivity index (χ2v) is 8.36. The summed E-state index contributed by atoms with van der Waals surface area (Å²) in [5.41, 5.74) is 1.41. The Balaban J connectivity index is 2.11. The first-order chi connectivity index (χ1) is 15.0. The van der Waals surface area contributed by atoms with E-state index in [9.17, 15) is 29.4 Å². The van der Waals surface area contributed by atoms with Crippen LogP contribution >= 0.6 is 0 Å². The number of carboxylic acid groups (broad SMARTS) is 2. The summed E-state index contributed by atoms with van der Waals surface area (Å²) < 4.78 is 0.154. The van der Waals surface area contributed by atoms with Crippen molar-refractivity contribution in [3.05, 3.63) is 65.7 Å². The highest BCUT2D eigenvalue weighted by atomic mass is 16.4. The fraction of sp³-hybridized carbons (Fsp3) is 0.304. The van der Waals surface area contributed by atoms with Crippen molar-refractivity contribution in [3.8, 4) is 0 Å². The van der Waals surface area contributed by atoms with Crippen LogP contribution < -0.4 is 10.6 Å². The van der Waals surface area contributed by atoms with Crippen molar-refractivity contribution >= 4 is 29.4 Å². The van der Waals surface area contributed by atoms with Gasteiger partial charge in [0, 0.05) is 16.8 Å². The number of carboxylic acids is 2. The molecule has 0 heterocycles. The molecule has 0 aromatic heterocycles. The summed E-state index contributed by atoms with van der Waals surface area (Å²) in [7, 11) is 5.22. The van der Waals surface area contributed by atoms with E-state index in [0.29, 0.717) is 16.8 Å². The largest absolute Gasteiger partial charge is 0.481 e. The van der Waals surface area contributed by atoms with Gasteiger partial charge in [0.1, 0.15) is 6.04 Å². The Kier molecular flexibility index (Phi) is 8.09. The molecule has 2 amide bonds. The molecule has 2 atom stereocenters. The van der Waals surface area contributed by atoms with Gasteiger partial charge in [-0.2, -0.15) is 0 Å². The van der Waals surface area contributed by atoms with Crippen molar-refractivity contribution in [1.29, 1.82) is 0 Å². The topological polar surface area (TPSA) is 133 Å². The monoisotopic (exact) mass is 442 g/mol. The minimum Gasteiger partial charge on any atom is -0.481 e. The van der Waals surface area contributed by atoms with Crippen LogP contribution in [-0.4, -0.2) is 71.7 Å². The van der Waals surface area contributed by atoms with Crippen LogP contribution in [0.4, 0.5) is 10.5 Å². The number of anilines is 1. The van der Waals surface area contributed by atoms with Gasteiger partial charge in [-0.3, -0.25) is 14.4 Å². The molecule has 4 N–H and O–H groups in total. The molecule has 0 aliphatic carbocycles. The molecule has 0 spiro atoms. The third-order valence-corrected chi connectivity index (χ3v) is 5.00. The van der Waals surface area contributed by atoms with E-state index in [0.717, 1.165) is 0 Å². The first-order valence-corrected chi connectivity index (χ1v) is 9.99. The maximum Gasteiger partial charge on any atom is 0.319 e. The molecule has 2 unspecified atom stereocenters. The van der Waals surface area contributed by atoms with Crippen LogP contribution in [0.1, 0.15) is 28.8 Å².